The van der Waals surface area contributed by atoms with Crippen LogP contribution >= 0.6 is 0 Å². The molecule has 1 fully saturated rings. The van der Waals surface area contributed by atoms with Gasteiger partial charge in [-0.25, -0.2) is 0 Å². The minimum atomic E-state index is 0.141. The van der Waals surface area contributed by atoms with Gasteiger partial charge in [-0.3, -0.25) is 4.79 Å². The van der Waals surface area contributed by atoms with Gasteiger partial charge in [0.1, 0.15) is 0 Å². The highest BCUT2D eigenvalue weighted by Crippen LogP contribution is 2.28. The maximum absolute atomic E-state index is 12.7. The van der Waals surface area contributed by atoms with E-state index in [9.17, 15) is 4.79 Å². The molecular formula is C19H22N2O. The third-order valence-corrected chi connectivity index (χ3v) is 4.36. The summed E-state index contributed by atoms with van der Waals surface area (Å²) in [5.74, 6) is 0.601. The molecule has 3 rings (SSSR count). The summed E-state index contributed by atoms with van der Waals surface area (Å²) >= 11 is 0. The van der Waals surface area contributed by atoms with E-state index < -0.39 is 0 Å². The lowest BCUT2D eigenvalue weighted by atomic mass is 9.99. The van der Waals surface area contributed by atoms with E-state index in [4.69, 9.17) is 0 Å². The van der Waals surface area contributed by atoms with Crippen molar-refractivity contribution >= 4 is 11.6 Å². The Morgan fingerprint density at radius 3 is 2.59 bits per heavy atom. The summed E-state index contributed by atoms with van der Waals surface area (Å²) in [6.45, 7) is 1.65. The van der Waals surface area contributed by atoms with Crippen LogP contribution in [0.2, 0.25) is 0 Å². The summed E-state index contributed by atoms with van der Waals surface area (Å²) in [5, 5.41) is 0. The Hall–Kier alpha value is -2.29. The quantitative estimate of drug-likeness (QED) is 0.866. The van der Waals surface area contributed by atoms with Crippen molar-refractivity contribution in [3.8, 4) is 0 Å². The van der Waals surface area contributed by atoms with E-state index >= 15 is 0 Å². The third kappa shape index (κ3) is 2.98. The number of hydrogen-bond acceptors (Lipinski definition) is 2. The molecule has 0 bridgehead atoms. The van der Waals surface area contributed by atoms with Crippen LogP contribution in [-0.4, -0.2) is 38.0 Å². The van der Waals surface area contributed by atoms with E-state index in [2.05, 4.69) is 24.3 Å². The first-order valence-corrected chi connectivity index (χ1v) is 7.77. The molecule has 2 aromatic carbocycles. The average Bonchev–Trinajstić information content (AvgIpc) is 3.05. The number of amides is 1. The van der Waals surface area contributed by atoms with Crippen LogP contribution in [0.25, 0.3) is 0 Å². The fourth-order valence-corrected chi connectivity index (χ4v) is 3.04. The van der Waals surface area contributed by atoms with Crippen molar-refractivity contribution < 1.29 is 4.79 Å². The average molecular weight is 294 g/mol. The monoisotopic (exact) mass is 294 g/mol. The molecule has 3 heteroatoms. The first-order valence-electron chi connectivity index (χ1n) is 7.77. The predicted octanol–water partition coefficient (Wildman–Crippen LogP) is 3.38. The van der Waals surface area contributed by atoms with Crippen molar-refractivity contribution in [1.82, 2.24) is 4.90 Å². The fraction of sp³-hybridized carbons (Fsp3) is 0.316. The fourth-order valence-electron chi connectivity index (χ4n) is 3.04. The molecule has 22 heavy (non-hydrogen) atoms. The van der Waals surface area contributed by atoms with E-state index in [1.54, 1.807) is 0 Å². The van der Waals surface area contributed by atoms with E-state index in [-0.39, 0.29) is 5.91 Å². The Morgan fingerprint density at radius 1 is 1.09 bits per heavy atom. The molecule has 0 aliphatic carbocycles. The van der Waals surface area contributed by atoms with Crippen LogP contribution in [-0.2, 0) is 0 Å². The molecule has 3 nitrogen and oxygen atoms in total. The van der Waals surface area contributed by atoms with E-state index in [0.29, 0.717) is 5.92 Å². The molecule has 1 heterocycles. The lowest BCUT2D eigenvalue weighted by Crippen LogP contribution is -2.28. The van der Waals surface area contributed by atoms with Gasteiger partial charge in [0.15, 0.2) is 0 Å². The SMILES string of the molecule is CN(C)c1cccc(C(=O)N2CC[C@H](c3ccccc3)C2)c1. The Bertz CT molecular complexity index is 651. The Labute approximate surface area is 132 Å². The lowest BCUT2D eigenvalue weighted by molar-refractivity contribution is 0.0791. The van der Waals surface area contributed by atoms with Crippen molar-refractivity contribution in [2.24, 2.45) is 0 Å². The van der Waals surface area contributed by atoms with Gasteiger partial charge in [-0.05, 0) is 30.2 Å². The van der Waals surface area contributed by atoms with Crippen molar-refractivity contribution in [3.05, 3.63) is 65.7 Å². The topological polar surface area (TPSA) is 23.6 Å². The number of likely N-dealkylation sites (tertiary alicyclic amines) is 1. The minimum absolute atomic E-state index is 0.141. The van der Waals surface area contributed by atoms with E-state index in [1.165, 1.54) is 5.56 Å². The van der Waals surface area contributed by atoms with Crippen LogP contribution in [0.1, 0.15) is 28.3 Å². The molecule has 0 unspecified atom stereocenters. The zero-order valence-corrected chi connectivity index (χ0v) is 13.2. The van der Waals surface area contributed by atoms with Crippen LogP contribution in [0.3, 0.4) is 0 Å². The maximum Gasteiger partial charge on any atom is 0.253 e. The summed E-state index contributed by atoms with van der Waals surface area (Å²) in [6.07, 6.45) is 1.04. The smallest absolute Gasteiger partial charge is 0.253 e. The second-order valence-corrected chi connectivity index (χ2v) is 6.09. The maximum atomic E-state index is 12.7. The number of benzene rings is 2. The first kappa shape index (κ1) is 14.6. The number of hydrogen-bond donors (Lipinski definition) is 0. The molecule has 0 radical (unpaired) electrons. The molecule has 1 atom stereocenters. The molecule has 1 saturated heterocycles. The molecule has 114 valence electrons. The summed E-state index contributed by atoms with van der Waals surface area (Å²) in [5.41, 5.74) is 3.17. The summed E-state index contributed by atoms with van der Waals surface area (Å²) in [6, 6.07) is 18.3. The van der Waals surface area contributed by atoms with Gasteiger partial charge in [0, 0.05) is 44.4 Å². The molecule has 0 N–H and O–H groups in total. The minimum Gasteiger partial charge on any atom is -0.378 e. The summed E-state index contributed by atoms with van der Waals surface area (Å²) in [4.78, 5) is 16.7. The van der Waals surface area contributed by atoms with Gasteiger partial charge in [0.25, 0.3) is 5.91 Å². The van der Waals surface area contributed by atoms with Crippen molar-refractivity contribution in [2.45, 2.75) is 12.3 Å². The molecule has 0 aromatic heterocycles. The number of rotatable bonds is 3. The zero-order chi connectivity index (χ0) is 15.5. The highest BCUT2D eigenvalue weighted by Gasteiger charge is 2.27. The van der Waals surface area contributed by atoms with Crippen LogP contribution in [0.5, 0.6) is 0 Å². The van der Waals surface area contributed by atoms with Gasteiger partial charge in [-0.1, -0.05) is 36.4 Å². The number of carbonyl (C=O) groups is 1. The summed E-state index contributed by atoms with van der Waals surface area (Å²) in [7, 11) is 3.98. The third-order valence-electron chi connectivity index (χ3n) is 4.36. The highest BCUT2D eigenvalue weighted by atomic mass is 16.2. The molecule has 1 aliphatic rings. The van der Waals surface area contributed by atoms with E-state index in [1.807, 2.05) is 54.2 Å². The van der Waals surface area contributed by atoms with Gasteiger partial charge in [0.05, 0.1) is 0 Å². The molecular weight excluding hydrogens is 272 g/mol. The molecule has 1 aliphatic heterocycles. The Morgan fingerprint density at radius 2 is 1.86 bits per heavy atom. The summed E-state index contributed by atoms with van der Waals surface area (Å²) < 4.78 is 0. The number of anilines is 1. The van der Waals surface area contributed by atoms with Crippen LogP contribution in [0.4, 0.5) is 5.69 Å². The van der Waals surface area contributed by atoms with Gasteiger partial charge in [-0.15, -0.1) is 0 Å². The van der Waals surface area contributed by atoms with Crippen LogP contribution in [0.15, 0.2) is 54.6 Å². The van der Waals surface area contributed by atoms with Crippen molar-refractivity contribution in [3.63, 3.8) is 0 Å². The van der Waals surface area contributed by atoms with Gasteiger partial charge in [-0.2, -0.15) is 0 Å². The van der Waals surface area contributed by atoms with Gasteiger partial charge < -0.3 is 9.80 Å². The molecule has 0 spiro atoms. The highest BCUT2D eigenvalue weighted by molar-refractivity contribution is 5.95. The number of carbonyl (C=O) groups excluding carboxylic acids is 1. The predicted molar refractivity (Wildman–Crippen MR) is 90.5 cm³/mol. The Balaban J connectivity index is 1.73. The molecule has 2 aromatic rings. The van der Waals surface area contributed by atoms with Crippen molar-refractivity contribution in [2.75, 3.05) is 32.1 Å². The lowest BCUT2D eigenvalue weighted by Gasteiger charge is -2.18. The second kappa shape index (κ2) is 6.22. The van der Waals surface area contributed by atoms with Crippen LogP contribution < -0.4 is 4.90 Å². The first-order chi connectivity index (χ1) is 10.6. The molecule has 0 saturated carbocycles. The second-order valence-electron chi connectivity index (χ2n) is 6.09. The standard InChI is InChI=1S/C19H22N2O/c1-20(2)18-10-6-9-16(13-18)19(22)21-12-11-17(14-21)15-7-4-3-5-8-15/h3-10,13,17H,11-12,14H2,1-2H3/t17-/m0/s1. The van der Waals surface area contributed by atoms with Crippen molar-refractivity contribution in [1.29, 1.82) is 0 Å². The Kier molecular flexibility index (Phi) is 4.14. The van der Waals surface area contributed by atoms with Gasteiger partial charge >= 0.3 is 0 Å². The number of nitrogens with zero attached hydrogens (tertiary/aromatic N) is 2. The molecule has 1 amide bonds. The normalized spacial score (nSPS) is 17.5. The van der Waals surface area contributed by atoms with E-state index in [0.717, 1.165) is 30.8 Å². The van der Waals surface area contributed by atoms with Crippen LogP contribution in [0, 0.1) is 0 Å². The zero-order valence-electron chi connectivity index (χ0n) is 13.2. The van der Waals surface area contributed by atoms with Gasteiger partial charge in [0.2, 0.25) is 0 Å². The largest absolute Gasteiger partial charge is 0.378 e.